The quantitative estimate of drug-likeness (QED) is 0.489. The molecule has 0 spiro atoms. The van der Waals surface area contributed by atoms with E-state index in [0.29, 0.717) is 41.7 Å². The van der Waals surface area contributed by atoms with Gasteiger partial charge in [0.15, 0.2) is 0 Å². The fourth-order valence-corrected chi connectivity index (χ4v) is 4.96. The van der Waals surface area contributed by atoms with Gasteiger partial charge >= 0.3 is 5.97 Å². The highest BCUT2D eigenvalue weighted by Crippen LogP contribution is 2.30. The number of esters is 1. The van der Waals surface area contributed by atoms with Crippen molar-refractivity contribution in [1.82, 2.24) is 14.9 Å². The molecule has 7 nitrogen and oxygen atoms in total. The van der Waals surface area contributed by atoms with Gasteiger partial charge in [-0.3, -0.25) is 4.79 Å². The summed E-state index contributed by atoms with van der Waals surface area (Å²) >= 11 is 7.52. The number of aryl methyl sites for hydroxylation is 1. The third-order valence-corrected chi connectivity index (χ3v) is 6.86. The summed E-state index contributed by atoms with van der Waals surface area (Å²) in [5, 5.41) is 1.44. The number of halogens is 1. The Morgan fingerprint density at radius 3 is 2.73 bits per heavy atom. The summed E-state index contributed by atoms with van der Waals surface area (Å²) in [5.41, 5.74) is 2.08. The van der Waals surface area contributed by atoms with Crippen LogP contribution in [0.5, 0.6) is 0 Å². The summed E-state index contributed by atoms with van der Waals surface area (Å²) in [6.07, 6.45) is 2.37. The third-order valence-electron chi connectivity index (χ3n) is 5.43. The standard InChI is InChI=1S/C24H25ClN4O3S/c1-3-32-24(31)18-8-9-20(26-15-18)28-10-5-11-29(13-12-28)23(30)21-16(2)27-22(33-21)17-6-4-7-19(25)14-17/h4,6-9,14-15H,3,5,10-13H2,1-2H3. The van der Waals surface area contributed by atoms with Crippen LogP contribution in [0.4, 0.5) is 5.82 Å². The number of hydrogen-bond acceptors (Lipinski definition) is 7. The van der Waals surface area contributed by atoms with Crippen LogP contribution in [0.15, 0.2) is 42.6 Å². The van der Waals surface area contributed by atoms with Crippen LogP contribution in [0.1, 0.15) is 39.1 Å². The molecule has 0 unspecified atom stereocenters. The maximum Gasteiger partial charge on any atom is 0.339 e. The average Bonchev–Trinajstić information content (AvgIpc) is 3.04. The zero-order valence-corrected chi connectivity index (χ0v) is 20.2. The van der Waals surface area contributed by atoms with Crippen LogP contribution in [0.3, 0.4) is 0 Å². The monoisotopic (exact) mass is 484 g/mol. The van der Waals surface area contributed by atoms with Crippen LogP contribution in [-0.4, -0.2) is 59.5 Å². The Labute approximate surface area is 202 Å². The highest BCUT2D eigenvalue weighted by atomic mass is 35.5. The van der Waals surface area contributed by atoms with Gasteiger partial charge in [0.2, 0.25) is 0 Å². The van der Waals surface area contributed by atoms with Gasteiger partial charge in [-0.25, -0.2) is 14.8 Å². The molecule has 33 heavy (non-hydrogen) atoms. The second-order valence-electron chi connectivity index (χ2n) is 7.70. The van der Waals surface area contributed by atoms with E-state index in [4.69, 9.17) is 16.3 Å². The summed E-state index contributed by atoms with van der Waals surface area (Å²) in [5.74, 6) is 0.418. The molecule has 0 saturated carbocycles. The molecule has 0 N–H and O–H groups in total. The summed E-state index contributed by atoms with van der Waals surface area (Å²) < 4.78 is 5.01. The van der Waals surface area contributed by atoms with Gasteiger partial charge in [-0.05, 0) is 44.5 Å². The second kappa shape index (κ2) is 10.3. The predicted octanol–water partition coefficient (Wildman–Crippen LogP) is 4.70. The van der Waals surface area contributed by atoms with E-state index in [9.17, 15) is 9.59 Å². The minimum absolute atomic E-state index is 0.00532. The number of aromatic nitrogens is 2. The Morgan fingerprint density at radius 1 is 1.15 bits per heavy atom. The zero-order valence-electron chi connectivity index (χ0n) is 18.6. The Bertz CT molecular complexity index is 1150. The van der Waals surface area contributed by atoms with Gasteiger partial charge < -0.3 is 14.5 Å². The molecule has 0 aliphatic carbocycles. The lowest BCUT2D eigenvalue weighted by Crippen LogP contribution is -2.35. The van der Waals surface area contributed by atoms with E-state index in [1.807, 2.05) is 42.2 Å². The number of nitrogens with zero attached hydrogens (tertiary/aromatic N) is 4. The topological polar surface area (TPSA) is 75.6 Å². The normalized spacial score (nSPS) is 14.2. The fraction of sp³-hybridized carbons (Fsp3) is 0.333. The van der Waals surface area contributed by atoms with E-state index >= 15 is 0 Å². The SMILES string of the molecule is CCOC(=O)c1ccc(N2CCCN(C(=O)c3sc(-c4cccc(Cl)c4)nc3C)CC2)nc1. The summed E-state index contributed by atoms with van der Waals surface area (Å²) in [6.45, 7) is 6.68. The number of pyridine rings is 1. The van der Waals surface area contributed by atoms with Gasteiger partial charge in [-0.15, -0.1) is 11.3 Å². The Kier molecular flexibility index (Phi) is 7.25. The summed E-state index contributed by atoms with van der Waals surface area (Å²) in [7, 11) is 0. The molecule has 2 aromatic heterocycles. The highest BCUT2D eigenvalue weighted by molar-refractivity contribution is 7.17. The van der Waals surface area contributed by atoms with Gasteiger partial charge in [0.05, 0.1) is 17.9 Å². The van der Waals surface area contributed by atoms with Crippen molar-refractivity contribution in [1.29, 1.82) is 0 Å². The second-order valence-corrected chi connectivity index (χ2v) is 9.14. The van der Waals surface area contributed by atoms with Crippen LogP contribution < -0.4 is 4.90 Å². The van der Waals surface area contributed by atoms with Crippen molar-refractivity contribution in [3.8, 4) is 10.6 Å². The van der Waals surface area contributed by atoms with Crippen LogP contribution in [-0.2, 0) is 4.74 Å². The molecule has 3 heterocycles. The van der Waals surface area contributed by atoms with Gasteiger partial charge in [-0.2, -0.15) is 0 Å². The average molecular weight is 485 g/mol. The number of anilines is 1. The number of benzene rings is 1. The number of amides is 1. The molecule has 0 bridgehead atoms. The first-order valence-electron chi connectivity index (χ1n) is 10.9. The molecule has 0 atom stereocenters. The van der Waals surface area contributed by atoms with Gasteiger partial charge in [-0.1, -0.05) is 23.7 Å². The number of thiazole rings is 1. The van der Waals surface area contributed by atoms with E-state index in [1.165, 1.54) is 11.3 Å². The van der Waals surface area contributed by atoms with Gasteiger partial charge in [0.1, 0.15) is 15.7 Å². The molecule has 172 valence electrons. The molecule has 1 aliphatic rings. The van der Waals surface area contributed by atoms with Crippen LogP contribution in [0.25, 0.3) is 10.6 Å². The van der Waals surface area contributed by atoms with E-state index < -0.39 is 0 Å². The largest absolute Gasteiger partial charge is 0.462 e. The molecular formula is C24H25ClN4O3S. The maximum atomic E-state index is 13.3. The molecule has 3 aromatic rings. The molecular weight excluding hydrogens is 460 g/mol. The number of carbonyl (C=O) groups is 2. The molecule has 1 aliphatic heterocycles. The van der Waals surface area contributed by atoms with Crippen molar-refractivity contribution in [2.45, 2.75) is 20.3 Å². The molecule has 9 heteroatoms. The van der Waals surface area contributed by atoms with Crippen LogP contribution in [0, 0.1) is 6.92 Å². The lowest BCUT2D eigenvalue weighted by Gasteiger charge is -2.22. The minimum Gasteiger partial charge on any atom is -0.462 e. The van der Waals surface area contributed by atoms with Gasteiger partial charge in [0, 0.05) is 43.0 Å². The van der Waals surface area contributed by atoms with E-state index in [0.717, 1.165) is 35.0 Å². The van der Waals surface area contributed by atoms with E-state index in [2.05, 4.69) is 14.9 Å². The Hall–Kier alpha value is -2.97. The van der Waals surface area contributed by atoms with Crippen LogP contribution in [0.2, 0.25) is 5.02 Å². The first-order valence-corrected chi connectivity index (χ1v) is 12.1. The molecule has 0 radical (unpaired) electrons. The van der Waals surface area contributed by atoms with Gasteiger partial charge in [0.25, 0.3) is 5.91 Å². The number of carbonyl (C=O) groups excluding carboxylic acids is 2. The lowest BCUT2D eigenvalue weighted by atomic mass is 10.2. The number of rotatable bonds is 5. The maximum absolute atomic E-state index is 13.3. The smallest absolute Gasteiger partial charge is 0.339 e. The van der Waals surface area contributed by atoms with Crippen molar-refractivity contribution < 1.29 is 14.3 Å². The molecule has 1 aromatic carbocycles. The summed E-state index contributed by atoms with van der Waals surface area (Å²) in [4.78, 5) is 38.9. The Morgan fingerprint density at radius 2 is 2.00 bits per heavy atom. The first-order chi connectivity index (χ1) is 16.0. The lowest BCUT2D eigenvalue weighted by molar-refractivity contribution is 0.0525. The van der Waals surface area contributed by atoms with Crippen molar-refractivity contribution in [2.24, 2.45) is 0 Å². The minimum atomic E-state index is -0.374. The Balaban J connectivity index is 1.44. The van der Waals surface area contributed by atoms with Crippen molar-refractivity contribution in [3.05, 3.63) is 63.8 Å². The van der Waals surface area contributed by atoms with E-state index in [1.54, 1.807) is 19.2 Å². The molecule has 1 saturated heterocycles. The summed E-state index contributed by atoms with van der Waals surface area (Å²) in [6, 6.07) is 11.1. The fourth-order valence-electron chi connectivity index (χ4n) is 3.74. The highest BCUT2D eigenvalue weighted by Gasteiger charge is 2.25. The predicted molar refractivity (Wildman–Crippen MR) is 130 cm³/mol. The molecule has 4 rings (SSSR count). The first kappa shape index (κ1) is 23.2. The number of hydrogen-bond donors (Lipinski definition) is 0. The number of ether oxygens (including phenoxy) is 1. The van der Waals surface area contributed by atoms with Crippen molar-refractivity contribution in [2.75, 3.05) is 37.7 Å². The van der Waals surface area contributed by atoms with Crippen LogP contribution >= 0.6 is 22.9 Å². The third kappa shape index (κ3) is 5.34. The molecule has 1 fully saturated rings. The van der Waals surface area contributed by atoms with Crippen molar-refractivity contribution >= 4 is 40.6 Å². The van der Waals surface area contributed by atoms with Crippen molar-refractivity contribution in [3.63, 3.8) is 0 Å². The van der Waals surface area contributed by atoms with E-state index in [-0.39, 0.29) is 11.9 Å². The zero-order chi connectivity index (χ0) is 23.4. The molecule has 1 amide bonds.